The maximum atomic E-state index is 11.3. The largest absolute Gasteiger partial charge is 0.347 e. The van der Waals surface area contributed by atoms with Crippen molar-refractivity contribution < 1.29 is 9.59 Å². The fourth-order valence-corrected chi connectivity index (χ4v) is 1.50. The number of aromatic amines is 1. The van der Waals surface area contributed by atoms with E-state index in [1.54, 1.807) is 6.20 Å². The molecule has 0 radical (unpaired) electrons. The lowest BCUT2D eigenvalue weighted by Crippen LogP contribution is -2.39. The van der Waals surface area contributed by atoms with Crippen molar-refractivity contribution in [1.82, 2.24) is 20.7 Å². The van der Waals surface area contributed by atoms with Crippen LogP contribution < -0.4 is 5.32 Å². The monoisotopic (exact) mass is 224 g/mol. The van der Waals surface area contributed by atoms with Gasteiger partial charge in [-0.1, -0.05) is 12.1 Å². The molecule has 0 aliphatic carbocycles. The molecule has 0 saturated heterocycles. The zero-order valence-corrected chi connectivity index (χ0v) is 9.65. The van der Waals surface area contributed by atoms with E-state index in [-0.39, 0.29) is 17.6 Å². The lowest BCUT2D eigenvalue weighted by atomic mass is 9.97. The maximum Gasteiger partial charge on any atom is 0.217 e. The molecule has 16 heavy (non-hydrogen) atoms. The van der Waals surface area contributed by atoms with Crippen molar-refractivity contribution >= 4 is 11.7 Å². The number of nitrogens with one attached hydrogen (secondary N) is 2. The Balaban J connectivity index is 2.61. The van der Waals surface area contributed by atoms with Crippen molar-refractivity contribution in [3.8, 4) is 0 Å². The highest BCUT2D eigenvalue weighted by Gasteiger charge is 2.20. The first kappa shape index (κ1) is 12.4. The van der Waals surface area contributed by atoms with Crippen molar-refractivity contribution in [1.29, 1.82) is 0 Å². The van der Waals surface area contributed by atoms with Gasteiger partial charge >= 0.3 is 0 Å². The minimum atomic E-state index is -0.448. The van der Waals surface area contributed by atoms with Gasteiger partial charge in [-0.25, -0.2) is 0 Å². The Morgan fingerprint density at radius 2 is 2.19 bits per heavy atom. The van der Waals surface area contributed by atoms with Gasteiger partial charge in [0.1, 0.15) is 0 Å². The van der Waals surface area contributed by atoms with Gasteiger partial charge in [0.05, 0.1) is 17.9 Å². The number of amides is 1. The van der Waals surface area contributed by atoms with E-state index in [0.717, 1.165) is 5.69 Å². The number of H-pyrrole nitrogens is 1. The first-order valence-electron chi connectivity index (χ1n) is 5.14. The summed E-state index contributed by atoms with van der Waals surface area (Å²) >= 11 is 0. The molecule has 1 rings (SSSR count). The molecule has 6 heteroatoms. The minimum absolute atomic E-state index is 0.0467. The maximum absolute atomic E-state index is 11.3. The average molecular weight is 224 g/mol. The van der Waals surface area contributed by atoms with E-state index in [9.17, 15) is 9.59 Å². The van der Waals surface area contributed by atoms with Crippen LogP contribution in [0.5, 0.6) is 0 Å². The third-order valence-electron chi connectivity index (χ3n) is 2.42. The van der Waals surface area contributed by atoms with Crippen molar-refractivity contribution in [2.45, 2.75) is 39.2 Å². The number of ketones is 1. The molecule has 2 atom stereocenters. The van der Waals surface area contributed by atoms with Gasteiger partial charge in [-0.15, -0.1) is 5.10 Å². The summed E-state index contributed by atoms with van der Waals surface area (Å²) in [5.74, 6) is -0.152. The number of carbonyl (C=O) groups excluding carboxylic acids is 2. The zero-order chi connectivity index (χ0) is 12.1. The van der Waals surface area contributed by atoms with Gasteiger partial charge in [-0.3, -0.25) is 14.7 Å². The fraction of sp³-hybridized carbons (Fsp3) is 0.600. The first-order valence-corrected chi connectivity index (χ1v) is 5.14. The second-order valence-corrected chi connectivity index (χ2v) is 3.91. The summed E-state index contributed by atoms with van der Waals surface area (Å²) in [5.41, 5.74) is 0.858. The van der Waals surface area contributed by atoms with Crippen LogP contribution in [0.15, 0.2) is 6.20 Å². The summed E-state index contributed by atoms with van der Waals surface area (Å²) in [7, 11) is 0. The molecule has 88 valence electrons. The Hall–Kier alpha value is -1.72. The predicted octanol–water partition coefficient (Wildman–Crippen LogP) is 0.392. The topological polar surface area (TPSA) is 87.7 Å². The van der Waals surface area contributed by atoms with Crippen molar-refractivity contribution in [3.05, 3.63) is 11.9 Å². The molecule has 0 spiro atoms. The lowest BCUT2D eigenvalue weighted by molar-refractivity contribution is -0.125. The van der Waals surface area contributed by atoms with Gasteiger partial charge in [0.15, 0.2) is 5.78 Å². The van der Waals surface area contributed by atoms with Crippen LogP contribution in [-0.4, -0.2) is 33.1 Å². The second kappa shape index (κ2) is 5.39. The van der Waals surface area contributed by atoms with E-state index in [1.165, 1.54) is 13.8 Å². The Morgan fingerprint density at radius 1 is 1.50 bits per heavy atom. The first-order chi connectivity index (χ1) is 7.50. The minimum Gasteiger partial charge on any atom is -0.347 e. The quantitative estimate of drug-likeness (QED) is 0.757. The molecule has 0 aliphatic rings. The summed E-state index contributed by atoms with van der Waals surface area (Å²) in [6.07, 6.45) is 2.16. The standard InChI is InChI=1S/C10H16N4O2/c1-6(10-5-11-14-13-10)4-9(7(2)15)12-8(3)16/h5-6,9H,4H2,1-3H3,(H,12,16)(H,11,13,14). The number of Topliss-reactive ketones (excluding diaryl/α,β-unsaturated/α-hetero) is 1. The van der Waals surface area contributed by atoms with Crippen molar-refractivity contribution in [3.63, 3.8) is 0 Å². The van der Waals surface area contributed by atoms with Gasteiger partial charge in [-0.2, -0.15) is 0 Å². The summed E-state index contributed by atoms with van der Waals surface area (Å²) in [6, 6.07) is -0.448. The van der Waals surface area contributed by atoms with Crippen molar-refractivity contribution in [2.75, 3.05) is 0 Å². The van der Waals surface area contributed by atoms with Crippen LogP contribution in [-0.2, 0) is 9.59 Å². The average Bonchev–Trinajstić information content (AvgIpc) is 2.68. The molecular weight excluding hydrogens is 208 g/mol. The molecule has 1 aromatic rings. The van der Waals surface area contributed by atoms with Crippen LogP contribution in [0, 0.1) is 0 Å². The van der Waals surface area contributed by atoms with Gasteiger partial charge in [0, 0.05) is 12.8 Å². The molecule has 1 heterocycles. The molecule has 2 unspecified atom stereocenters. The molecular formula is C10H16N4O2. The second-order valence-electron chi connectivity index (χ2n) is 3.91. The van der Waals surface area contributed by atoms with Gasteiger partial charge in [0.2, 0.25) is 5.91 Å². The van der Waals surface area contributed by atoms with Crippen LogP contribution in [0.3, 0.4) is 0 Å². The highest BCUT2D eigenvalue weighted by Crippen LogP contribution is 2.17. The summed E-state index contributed by atoms with van der Waals surface area (Å²) in [5, 5.41) is 12.7. The van der Waals surface area contributed by atoms with Crippen LogP contribution in [0.4, 0.5) is 0 Å². The molecule has 6 nitrogen and oxygen atoms in total. The predicted molar refractivity (Wildman–Crippen MR) is 57.7 cm³/mol. The van der Waals surface area contributed by atoms with E-state index in [0.29, 0.717) is 6.42 Å². The fourth-order valence-electron chi connectivity index (χ4n) is 1.50. The molecule has 1 amide bonds. The van der Waals surface area contributed by atoms with Crippen LogP contribution in [0.2, 0.25) is 0 Å². The summed E-state index contributed by atoms with van der Waals surface area (Å²) < 4.78 is 0. The third kappa shape index (κ3) is 3.45. The molecule has 2 N–H and O–H groups in total. The number of hydrogen-bond donors (Lipinski definition) is 2. The Bertz CT molecular complexity index is 361. The van der Waals surface area contributed by atoms with E-state index < -0.39 is 6.04 Å². The molecule has 0 bridgehead atoms. The number of carbonyl (C=O) groups is 2. The normalized spacial score (nSPS) is 14.2. The van der Waals surface area contributed by atoms with Crippen LogP contribution in [0.25, 0.3) is 0 Å². The number of rotatable bonds is 5. The number of nitrogens with zero attached hydrogens (tertiary/aromatic N) is 2. The Morgan fingerprint density at radius 3 is 2.62 bits per heavy atom. The molecule has 0 fully saturated rings. The van der Waals surface area contributed by atoms with Crippen molar-refractivity contribution in [2.24, 2.45) is 0 Å². The van der Waals surface area contributed by atoms with E-state index in [1.807, 2.05) is 6.92 Å². The summed E-state index contributed by atoms with van der Waals surface area (Å²) in [4.78, 5) is 22.3. The van der Waals surface area contributed by atoms with E-state index >= 15 is 0 Å². The number of hydrogen-bond acceptors (Lipinski definition) is 4. The van der Waals surface area contributed by atoms with E-state index in [4.69, 9.17) is 0 Å². The molecule has 0 aromatic carbocycles. The smallest absolute Gasteiger partial charge is 0.217 e. The van der Waals surface area contributed by atoms with Gasteiger partial charge in [0.25, 0.3) is 0 Å². The molecule has 0 aliphatic heterocycles. The lowest BCUT2D eigenvalue weighted by Gasteiger charge is -2.18. The van der Waals surface area contributed by atoms with Crippen LogP contribution >= 0.6 is 0 Å². The highest BCUT2D eigenvalue weighted by molar-refractivity contribution is 5.86. The highest BCUT2D eigenvalue weighted by atomic mass is 16.2. The SMILES string of the molecule is CC(=O)NC(CC(C)c1cnn[nH]1)C(C)=O. The van der Waals surface area contributed by atoms with Crippen LogP contribution in [0.1, 0.15) is 38.8 Å². The molecule has 0 saturated carbocycles. The van der Waals surface area contributed by atoms with E-state index in [2.05, 4.69) is 20.7 Å². The van der Waals surface area contributed by atoms with Gasteiger partial charge < -0.3 is 5.32 Å². The molecule has 1 aromatic heterocycles. The third-order valence-corrected chi connectivity index (χ3v) is 2.42. The Kier molecular flexibility index (Phi) is 4.16. The Labute approximate surface area is 93.8 Å². The zero-order valence-electron chi connectivity index (χ0n) is 9.65. The summed E-state index contributed by atoms with van der Waals surface area (Å²) in [6.45, 7) is 4.82. The van der Waals surface area contributed by atoms with Gasteiger partial charge in [-0.05, 0) is 13.3 Å². The number of aromatic nitrogens is 3.